The van der Waals surface area contributed by atoms with Crippen LogP contribution in [0, 0.1) is 0 Å². The lowest BCUT2D eigenvalue weighted by Crippen LogP contribution is -1.96. The average molecular weight is 185 g/mol. The van der Waals surface area contributed by atoms with Crippen LogP contribution < -0.4 is 0 Å². The summed E-state index contributed by atoms with van der Waals surface area (Å²) in [6.07, 6.45) is -0.192. The largest absolute Gasteiger partial charge is 0.346 e. The minimum atomic E-state index is -0.192. The average Bonchev–Trinajstić information content (AvgIpc) is 2.58. The van der Waals surface area contributed by atoms with E-state index in [0.29, 0.717) is 13.2 Å². The number of halogens is 1. The first-order valence-electron chi connectivity index (χ1n) is 3.85. The van der Waals surface area contributed by atoms with Gasteiger partial charge in [0.2, 0.25) is 0 Å². The van der Waals surface area contributed by atoms with E-state index in [1.165, 1.54) is 0 Å². The Morgan fingerprint density at radius 3 is 2.25 bits per heavy atom. The minimum Gasteiger partial charge on any atom is -0.346 e. The highest BCUT2D eigenvalue weighted by molar-refractivity contribution is 6.30. The van der Waals surface area contributed by atoms with Crippen molar-refractivity contribution in [3.63, 3.8) is 0 Å². The maximum atomic E-state index is 5.74. The van der Waals surface area contributed by atoms with Crippen molar-refractivity contribution in [1.29, 1.82) is 0 Å². The fourth-order valence-electron chi connectivity index (χ4n) is 1.17. The van der Waals surface area contributed by atoms with Crippen LogP contribution in [-0.2, 0) is 9.47 Å². The van der Waals surface area contributed by atoms with E-state index in [2.05, 4.69) is 0 Å². The Kier molecular flexibility index (Phi) is 2.30. The normalized spacial score (nSPS) is 18.4. The molecule has 0 amide bonds. The number of benzene rings is 1. The van der Waals surface area contributed by atoms with E-state index in [-0.39, 0.29) is 6.29 Å². The number of hydrogen-bond acceptors (Lipinski definition) is 2. The lowest BCUT2D eigenvalue weighted by molar-refractivity contribution is -0.0441. The van der Waals surface area contributed by atoms with Gasteiger partial charge in [-0.25, -0.2) is 0 Å². The molecule has 3 heteroatoms. The van der Waals surface area contributed by atoms with Crippen molar-refractivity contribution in [3.8, 4) is 0 Å². The van der Waals surface area contributed by atoms with Gasteiger partial charge in [0, 0.05) is 10.6 Å². The maximum Gasteiger partial charge on any atom is 0.184 e. The summed E-state index contributed by atoms with van der Waals surface area (Å²) < 4.78 is 10.6. The highest BCUT2D eigenvalue weighted by Gasteiger charge is 2.17. The van der Waals surface area contributed by atoms with Gasteiger partial charge in [-0.2, -0.15) is 0 Å². The van der Waals surface area contributed by atoms with E-state index < -0.39 is 0 Å². The van der Waals surface area contributed by atoms with Crippen LogP contribution in [0.15, 0.2) is 24.3 Å². The van der Waals surface area contributed by atoms with Crippen molar-refractivity contribution in [1.82, 2.24) is 0 Å². The fourth-order valence-corrected chi connectivity index (χ4v) is 1.30. The first kappa shape index (κ1) is 8.05. The molecule has 2 rings (SSSR count). The molecule has 0 aliphatic carbocycles. The molecule has 1 aromatic rings. The van der Waals surface area contributed by atoms with Crippen LogP contribution in [0.4, 0.5) is 0 Å². The zero-order valence-corrected chi connectivity index (χ0v) is 7.25. The van der Waals surface area contributed by atoms with Gasteiger partial charge in [-0.1, -0.05) is 23.7 Å². The summed E-state index contributed by atoms with van der Waals surface area (Å²) in [7, 11) is 0. The van der Waals surface area contributed by atoms with Gasteiger partial charge in [-0.3, -0.25) is 0 Å². The SMILES string of the molecule is Clc1ccc(C2OCCO2)cc1. The van der Waals surface area contributed by atoms with Gasteiger partial charge in [-0.05, 0) is 12.1 Å². The van der Waals surface area contributed by atoms with E-state index in [4.69, 9.17) is 21.1 Å². The van der Waals surface area contributed by atoms with E-state index >= 15 is 0 Å². The Balaban J connectivity index is 2.17. The van der Waals surface area contributed by atoms with Crippen molar-refractivity contribution < 1.29 is 9.47 Å². The van der Waals surface area contributed by atoms with Gasteiger partial charge < -0.3 is 9.47 Å². The van der Waals surface area contributed by atoms with E-state index in [1.54, 1.807) is 0 Å². The Morgan fingerprint density at radius 1 is 1.08 bits per heavy atom. The first-order chi connectivity index (χ1) is 5.86. The number of ether oxygens (including phenoxy) is 2. The molecule has 0 radical (unpaired) electrons. The van der Waals surface area contributed by atoms with E-state index in [0.717, 1.165) is 10.6 Å². The quantitative estimate of drug-likeness (QED) is 0.667. The molecule has 0 bridgehead atoms. The van der Waals surface area contributed by atoms with Gasteiger partial charge in [0.25, 0.3) is 0 Å². The second-order valence-electron chi connectivity index (χ2n) is 2.63. The second kappa shape index (κ2) is 3.44. The van der Waals surface area contributed by atoms with Gasteiger partial charge in [-0.15, -0.1) is 0 Å². The molecular formula is C9H9ClO2. The summed E-state index contributed by atoms with van der Waals surface area (Å²) in [5.41, 5.74) is 1.02. The smallest absolute Gasteiger partial charge is 0.184 e. The van der Waals surface area contributed by atoms with Crippen LogP contribution in [0.25, 0.3) is 0 Å². The Hall–Kier alpha value is -0.570. The van der Waals surface area contributed by atoms with Crippen molar-refractivity contribution in [2.75, 3.05) is 13.2 Å². The Morgan fingerprint density at radius 2 is 1.67 bits per heavy atom. The van der Waals surface area contributed by atoms with Gasteiger partial charge in [0.1, 0.15) is 0 Å². The summed E-state index contributed by atoms with van der Waals surface area (Å²) in [6, 6.07) is 7.50. The summed E-state index contributed by atoms with van der Waals surface area (Å²) in [5, 5.41) is 0.733. The molecule has 0 unspecified atom stereocenters. The van der Waals surface area contributed by atoms with E-state index in [9.17, 15) is 0 Å². The molecular weight excluding hydrogens is 176 g/mol. The molecule has 1 aromatic carbocycles. The Bertz CT molecular complexity index is 252. The lowest BCUT2D eigenvalue weighted by atomic mass is 10.2. The first-order valence-corrected chi connectivity index (χ1v) is 4.23. The van der Waals surface area contributed by atoms with Crippen LogP contribution in [0.1, 0.15) is 11.9 Å². The zero-order chi connectivity index (χ0) is 8.39. The predicted molar refractivity (Wildman–Crippen MR) is 46.1 cm³/mol. The molecule has 2 nitrogen and oxygen atoms in total. The number of rotatable bonds is 1. The molecule has 1 heterocycles. The molecule has 64 valence electrons. The minimum absolute atomic E-state index is 0.192. The molecule has 1 saturated heterocycles. The standard InChI is InChI=1S/C9H9ClO2/c10-8-3-1-7(2-4-8)9-11-5-6-12-9/h1-4,9H,5-6H2. The van der Waals surface area contributed by atoms with Gasteiger partial charge >= 0.3 is 0 Å². The molecule has 0 saturated carbocycles. The molecule has 0 spiro atoms. The van der Waals surface area contributed by atoms with Gasteiger partial charge in [0.05, 0.1) is 13.2 Å². The molecule has 0 atom stereocenters. The van der Waals surface area contributed by atoms with Crippen LogP contribution in [0.5, 0.6) is 0 Å². The van der Waals surface area contributed by atoms with Crippen molar-refractivity contribution >= 4 is 11.6 Å². The van der Waals surface area contributed by atoms with Gasteiger partial charge in [0.15, 0.2) is 6.29 Å². The predicted octanol–water partition coefficient (Wildman–Crippen LogP) is 2.39. The van der Waals surface area contributed by atoms with Crippen molar-refractivity contribution in [2.24, 2.45) is 0 Å². The second-order valence-corrected chi connectivity index (χ2v) is 3.06. The van der Waals surface area contributed by atoms with E-state index in [1.807, 2.05) is 24.3 Å². The summed E-state index contributed by atoms with van der Waals surface area (Å²) >= 11 is 5.74. The van der Waals surface area contributed by atoms with Crippen LogP contribution in [-0.4, -0.2) is 13.2 Å². The highest BCUT2D eigenvalue weighted by atomic mass is 35.5. The zero-order valence-electron chi connectivity index (χ0n) is 6.50. The lowest BCUT2D eigenvalue weighted by Gasteiger charge is -2.08. The molecule has 0 N–H and O–H groups in total. The third kappa shape index (κ3) is 1.61. The van der Waals surface area contributed by atoms with Crippen LogP contribution >= 0.6 is 11.6 Å². The monoisotopic (exact) mass is 184 g/mol. The summed E-state index contributed by atoms with van der Waals surface area (Å²) in [6.45, 7) is 1.35. The van der Waals surface area contributed by atoms with Crippen molar-refractivity contribution in [2.45, 2.75) is 6.29 Å². The molecule has 1 fully saturated rings. The highest BCUT2D eigenvalue weighted by Crippen LogP contribution is 2.23. The Labute approximate surface area is 76.1 Å². The number of hydrogen-bond donors (Lipinski definition) is 0. The summed E-state index contributed by atoms with van der Waals surface area (Å²) in [5.74, 6) is 0. The third-order valence-electron chi connectivity index (χ3n) is 1.76. The molecule has 12 heavy (non-hydrogen) atoms. The molecule has 0 aromatic heterocycles. The molecule has 1 aliphatic rings. The van der Waals surface area contributed by atoms with Crippen LogP contribution in [0.3, 0.4) is 0 Å². The van der Waals surface area contributed by atoms with Crippen molar-refractivity contribution in [3.05, 3.63) is 34.9 Å². The van der Waals surface area contributed by atoms with Crippen LogP contribution in [0.2, 0.25) is 5.02 Å². The topological polar surface area (TPSA) is 18.5 Å². The molecule has 1 aliphatic heterocycles. The fraction of sp³-hybridized carbons (Fsp3) is 0.333. The maximum absolute atomic E-state index is 5.74. The summed E-state index contributed by atoms with van der Waals surface area (Å²) in [4.78, 5) is 0. The third-order valence-corrected chi connectivity index (χ3v) is 2.02.